The Morgan fingerprint density at radius 3 is 1.32 bits per heavy atom. The van der Waals surface area contributed by atoms with Crippen LogP contribution in [0.25, 0.3) is 0 Å². The van der Waals surface area contributed by atoms with Gasteiger partial charge in [-0.15, -0.1) is 0 Å². The molecule has 0 fully saturated rings. The van der Waals surface area contributed by atoms with Crippen LogP contribution < -0.4 is 16.0 Å². The Kier molecular flexibility index (Phi) is 34.2. The summed E-state index contributed by atoms with van der Waals surface area (Å²) >= 11 is 0. The third-order valence-corrected chi connectivity index (χ3v) is 8.75. The molecule has 0 aliphatic carbocycles. The molecule has 4 N–H and O–H groups in total. The molecular formula is C42H77N3O11. The number of esters is 1. The Balaban J connectivity index is 3.53. The fourth-order valence-corrected chi connectivity index (χ4v) is 5.69. The van der Waals surface area contributed by atoms with Gasteiger partial charge < -0.3 is 44.8 Å². The van der Waals surface area contributed by atoms with E-state index in [9.17, 15) is 28.8 Å². The molecule has 0 aliphatic rings. The molecule has 0 bridgehead atoms. The van der Waals surface area contributed by atoms with E-state index >= 15 is 0 Å². The van der Waals surface area contributed by atoms with Gasteiger partial charge in [-0.25, -0.2) is 4.79 Å². The van der Waals surface area contributed by atoms with Gasteiger partial charge in [-0.1, -0.05) is 77.0 Å². The van der Waals surface area contributed by atoms with Crippen LogP contribution in [0.2, 0.25) is 0 Å². The molecule has 0 aromatic rings. The zero-order valence-corrected chi connectivity index (χ0v) is 35.3. The maximum Gasteiger partial charge on any atom is 0.329 e. The summed E-state index contributed by atoms with van der Waals surface area (Å²) in [5, 5.41) is 17.1. The second-order valence-electron chi connectivity index (χ2n) is 15.5. The van der Waals surface area contributed by atoms with Crippen molar-refractivity contribution < 1.29 is 52.8 Å². The van der Waals surface area contributed by atoms with E-state index in [0.717, 1.165) is 32.1 Å². The molecule has 0 aromatic heterocycles. The minimum Gasteiger partial charge on any atom is -0.481 e. The van der Waals surface area contributed by atoms with Crippen molar-refractivity contribution in [1.29, 1.82) is 0 Å². The first-order valence-corrected chi connectivity index (χ1v) is 21.3. The van der Waals surface area contributed by atoms with Gasteiger partial charge in [0.05, 0.1) is 26.4 Å². The summed E-state index contributed by atoms with van der Waals surface area (Å²) in [5.74, 6) is -2.26. The Bertz CT molecular complexity index is 1070. The maximum absolute atomic E-state index is 12.4. The van der Waals surface area contributed by atoms with Crippen LogP contribution in [-0.4, -0.2) is 105 Å². The van der Waals surface area contributed by atoms with Crippen LogP contribution in [0.1, 0.15) is 169 Å². The lowest BCUT2D eigenvalue weighted by molar-refractivity contribution is -0.159. The number of carboxylic acid groups (broad SMARTS) is 1. The molecule has 14 heteroatoms. The number of rotatable bonds is 39. The number of ketones is 1. The predicted octanol–water partition coefficient (Wildman–Crippen LogP) is 6.35. The van der Waals surface area contributed by atoms with Gasteiger partial charge in [-0.05, 0) is 59.8 Å². The van der Waals surface area contributed by atoms with Crippen molar-refractivity contribution in [2.24, 2.45) is 0 Å². The Morgan fingerprint density at radius 1 is 0.500 bits per heavy atom. The molecule has 3 amide bonds. The van der Waals surface area contributed by atoms with Gasteiger partial charge in [-0.3, -0.25) is 19.2 Å². The first-order chi connectivity index (χ1) is 26.8. The zero-order valence-electron chi connectivity index (χ0n) is 35.3. The number of nitrogens with one attached hydrogen (secondary N) is 3. The van der Waals surface area contributed by atoms with Crippen LogP contribution in [0.15, 0.2) is 0 Å². The van der Waals surface area contributed by atoms with Crippen molar-refractivity contribution in [3.63, 3.8) is 0 Å². The van der Waals surface area contributed by atoms with Crippen LogP contribution >= 0.6 is 0 Å². The normalized spacial score (nSPS) is 11.9. The van der Waals surface area contributed by atoms with Crippen molar-refractivity contribution in [2.45, 2.75) is 181 Å². The maximum atomic E-state index is 12.4. The molecule has 14 nitrogen and oxygen atoms in total. The van der Waals surface area contributed by atoms with Crippen molar-refractivity contribution in [2.75, 3.05) is 52.7 Å². The lowest BCUT2D eigenvalue weighted by atomic mass is 10.0. The third kappa shape index (κ3) is 39.1. The van der Waals surface area contributed by atoms with Crippen molar-refractivity contribution in [3.05, 3.63) is 0 Å². The molecule has 0 saturated carbocycles. The molecule has 56 heavy (non-hydrogen) atoms. The molecule has 0 aromatic carbocycles. The minimum absolute atomic E-state index is 0.0770. The molecule has 0 rings (SSSR count). The molecular weight excluding hydrogens is 722 g/mol. The summed E-state index contributed by atoms with van der Waals surface area (Å²) in [7, 11) is 0. The van der Waals surface area contributed by atoms with E-state index in [4.69, 9.17) is 24.1 Å². The topological polar surface area (TPSA) is 196 Å². The molecule has 1 unspecified atom stereocenters. The van der Waals surface area contributed by atoms with Gasteiger partial charge >= 0.3 is 11.9 Å². The minimum atomic E-state index is -1.11. The number of carboxylic acids is 1. The number of aliphatic carboxylic acids is 1. The first kappa shape index (κ1) is 52.9. The number of hydrogen-bond acceptors (Lipinski definition) is 10. The summed E-state index contributed by atoms with van der Waals surface area (Å²) in [6.07, 6.45) is 19.2. The molecule has 0 aliphatic heterocycles. The fourth-order valence-electron chi connectivity index (χ4n) is 5.69. The second kappa shape index (κ2) is 36.3. The standard InChI is InChI=1S/C42H77N3O11/c1-35(46)21-17-15-13-11-9-7-5-6-8-10-12-14-16-18-22-37(47)43-27-19-29-53-31-33-55-34-32-54-30-20-28-44-38(48)24-25-39(49)45-36(23-26-40(50)51)41(52)56-42(2,3)4/h36H,5-34H2,1-4H3,(H,43,47)(H,44,48)(H,45,49)(H,50,51). The van der Waals surface area contributed by atoms with Gasteiger partial charge in [0.15, 0.2) is 0 Å². The van der Waals surface area contributed by atoms with E-state index in [0.29, 0.717) is 71.4 Å². The first-order valence-electron chi connectivity index (χ1n) is 21.3. The van der Waals surface area contributed by atoms with Gasteiger partial charge in [0.25, 0.3) is 0 Å². The average Bonchev–Trinajstić information content (AvgIpc) is 3.12. The molecule has 0 saturated heterocycles. The van der Waals surface area contributed by atoms with E-state index in [-0.39, 0.29) is 37.5 Å². The summed E-state index contributed by atoms with van der Waals surface area (Å²) in [5.41, 5.74) is -0.793. The Morgan fingerprint density at radius 2 is 0.893 bits per heavy atom. The van der Waals surface area contributed by atoms with Crippen LogP contribution in [0.5, 0.6) is 0 Å². The summed E-state index contributed by atoms with van der Waals surface area (Å²) in [6, 6.07) is -1.11. The third-order valence-electron chi connectivity index (χ3n) is 8.75. The van der Waals surface area contributed by atoms with Crippen molar-refractivity contribution in [1.82, 2.24) is 16.0 Å². The number of hydrogen-bond donors (Lipinski definition) is 4. The Labute approximate surface area is 337 Å². The number of carbonyl (C=O) groups excluding carboxylic acids is 5. The molecule has 0 spiro atoms. The van der Waals surface area contributed by atoms with Gasteiger partial charge in [0.2, 0.25) is 17.7 Å². The molecule has 0 heterocycles. The van der Waals surface area contributed by atoms with Crippen LogP contribution in [0, 0.1) is 0 Å². The smallest absolute Gasteiger partial charge is 0.329 e. The summed E-state index contributed by atoms with van der Waals surface area (Å²) < 4.78 is 21.8. The molecule has 1 atom stereocenters. The molecule has 0 radical (unpaired) electrons. The summed E-state index contributed by atoms with van der Waals surface area (Å²) in [6.45, 7) is 10.4. The van der Waals surface area contributed by atoms with Gasteiger partial charge in [0.1, 0.15) is 17.4 Å². The number of Topliss-reactive ketones (excluding diaryl/α,β-unsaturated/α-hetero) is 1. The van der Waals surface area contributed by atoms with Crippen LogP contribution in [-0.2, 0) is 47.7 Å². The second-order valence-corrected chi connectivity index (χ2v) is 15.5. The lowest BCUT2D eigenvalue weighted by Crippen LogP contribution is -2.44. The lowest BCUT2D eigenvalue weighted by Gasteiger charge is -2.24. The van der Waals surface area contributed by atoms with Crippen LogP contribution in [0.3, 0.4) is 0 Å². The summed E-state index contributed by atoms with van der Waals surface area (Å²) in [4.78, 5) is 70.7. The highest BCUT2D eigenvalue weighted by atomic mass is 16.6. The fraction of sp³-hybridized carbons (Fsp3) is 0.857. The van der Waals surface area contributed by atoms with Crippen LogP contribution in [0.4, 0.5) is 0 Å². The largest absolute Gasteiger partial charge is 0.481 e. The van der Waals surface area contributed by atoms with Gasteiger partial charge in [0, 0.05) is 58.4 Å². The highest BCUT2D eigenvalue weighted by molar-refractivity contribution is 5.87. The van der Waals surface area contributed by atoms with Crippen molar-refractivity contribution in [3.8, 4) is 0 Å². The molecule has 326 valence electrons. The monoisotopic (exact) mass is 800 g/mol. The number of unbranched alkanes of at least 4 members (excludes halogenated alkanes) is 13. The van der Waals surface area contributed by atoms with Crippen molar-refractivity contribution >= 4 is 35.4 Å². The van der Waals surface area contributed by atoms with E-state index < -0.39 is 29.5 Å². The SMILES string of the molecule is CC(=O)CCCCCCCCCCCCCCCCC(=O)NCCCOCCOCCOCCCNC(=O)CCC(=O)NC(CCC(=O)O)C(=O)OC(C)(C)C. The Hall–Kier alpha value is -3.10. The highest BCUT2D eigenvalue weighted by Gasteiger charge is 2.27. The van der Waals surface area contributed by atoms with E-state index in [1.165, 1.54) is 70.6 Å². The van der Waals surface area contributed by atoms with E-state index in [1.54, 1.807) is 27.7 Å². The number of carbonyl (C=O) groups is 6. The number of amides is 3. The number of ether oxygens (including phenoxy) is 4. The average molecular weight is 800 g/mol. The predicted molar refractivity (Wildman–Crippen MR) is 216 cm³/mol. The highest BCUT2D eigenvalue weighted by Crippen LogP contribution is 2.14. The van der Waals surface area contributed by atoms with E-state index in [1.807, 2.05) is 0 Å². The quantitative estimate of drug-likeness (QED) is 0.0400. The zero-order chi connectivity index (χ0) is 41.7. The van der Waals surface area contributed by atoms with E-state index in [2.05, 4.69) is 16.0 Å². The van der Waals surface area contributed by atoms with Gasteiger partial charge in [-0.2, -0.15) is 0 Å².